The molecule has 5 rings (SSSR count). The van der Waals surface area contributed by atoms with Crippen LogP contribution in [0.25, 0.3) is 22.3 Å². The molecule has 1 aliphatic heterocycles. The van der Waals surface area contributed by atoms with Gasteiger partial charge < -0.3 is 13.8 Å². The third-order valence-electron chi connectivity index (χ3n) is 5.90. The molecule has 0 bridgehead atoms. The Hall–Kier alpha value is -2.99. The Labute approximate surface area is 169 Å². The Balaban J connectivity index is 1.66. The van der Waals surface area contributed by atoms with E-state index in [1.807, 2.05) is 26.4 Å². The molecule has 1 aliphatic rings. The second kappa shape index (κ2) is 7.44. The standard InChI is InChI=1S/C23H24N4O2/c1-15-22(16(2)29-26-15)19-12-21-20(13-24-19)25-14-27(21)23(17-6-4-3-5-7-17)18-8-10-28-11-9-18/h3-7,12-14,18,23H,8-11H2,1-2H3. The lowest BCUT2D eigenvalue weighted by Gasteiger charge is -2.32. The van der Waals surface area contributed by atoms with E-state index in [9.17, 15) is 0 Å². The van der Waals surface area contributed by atoms with Crippen LogP contribution in [0.15, 0.2) is 53.4 Å². The van der Waals surface area contributed by atoms with Crippen molar-refractivity contribution in [1.82, 2.24) is 19.7 Å². The van der Waals surface area contributed by atoms with Gasteiger partial charge in [-0.15, -0.1) is 0 Å². The summed E-state index contributed by atoms with van der Waals surface area (Å²) in [6.45, 7) is 5.50. The third-order valence-corrected chi connectivity index (χ3v) is 5.90. The average molecular weight is 388 g/mol. The number of fused-ring (bicyclic) bond motifs is 1. The maximum Gasteiger partial charge on any atom is 0.143 e. The highest BCUT2D eigenvalue weighted by Crippen LogP contribution is 2.36. The molecule has 0 aliphatic carbocycles. The molecule has 0 spiro atoms. The van der Waals surface area contributed by atoms with Gasteiger partial charge in [0.05, 0.1) is 41.0 Å². The second-order valence-electron chi connectivity index (χ2n) is 7.71. The van der Waals surface area contributed by atoms with E-state index < -0.39 is 0 Å². The first-order chi connectivity index (χ1) is 14.2. The predicted octanol–water partition coefficient (Wildman–Crippen LogP) is 4.72. The van der Waals surface area contributed by atoms with Gasteiger partial charge in [0.25, 0.3) is 0 Å². The lowest BCUT2D eigenvalue weighted by Crippen LogP contribution is -2.26. The molecule has 1 saturated heterocycles. The molecule has 4 aromatic rings. The van der Waals surface area contributed by atoms with E-state index in [0.717, 1.165) is 59.8 Å². The van der Waals surface area contributed by atoms with Crippen molar-refractivity contribution in [2.45, 2.75) is 32.7 Å². The van der Waals surface area contributed by atoms with E-state index in [2.05, 4.69) is 56.1 Å². The molecule has 29 heavy (non-hydrogen) atoms. The topological polar surface area (TPSA) is 66.0 Å². The fourth-order valence-electron chi connectivity index (χ4n) is 4.48. The zero-order chi connectivity index (χ0) is 19.8. The summed E-state index contributed by atoms with van der Waals surface area (Å²) in [5.74, 6) is 1.28. The normalized spacial score (nSPS) is 16.3. The number of aryl methyl sites for hydroxylation is 2. The van der Waals surface area contributed by atoms with Gasteiger partial charge in [-0.05, 0) is 44.2 Å². The number of rotatable bonds is 4. The molecule has 4 heterocycles. The number of benzene rings is 1. The third kappa shape index (κ3) is 3.23. The van der Waals surface area contributed by atoms with Crippen molar-refractivity contribution in [1.29, 1.82) is 0 Å². The summed E-state index contributed by atoms with van der Waals surface area (Å²) < 4.78 is 13.3. The van der Waals surface area contributed by atoms with Crippen LogP contribution in [0.4, 0.5) is 0 Å². The molecule has 3 aromatic heterocycles. The van der Waals surface area contributed by atoms with E-state index in [1.165, 1.54) is 5.56 Å². The first-order valence-electron chi connectivity index (χ1n) is 10.1. The predicted molar refractivity (Wildman–Crippen MR) is 111 cm³/mol. The van der Waals surface area contributed by atoms with E-state index in [4.69, 9.17) is 9.26 Å². The van der Waals surface area contributed by atoms with Crippen LogP contribution < -0.4 is 0 Å². The summed E-state index contributed by atoms with van der Waals surface area (Å²) >= 11 is 0. The van der Waals surface area contributed by atoms with E-state index >= 15 is 0 Å². The van der Waals surface area contributed by atoms with Crippen molar-refractivity contribution in [3.8, 4) is 11.3 Å². The summed E-state index contributed by atoms with van der Waals surface area (Å²) in [6.07, 6.45) is 5.89. The number of ether oxygens (including phenoxy) is 1. The maximum atomic E-state index is 5.63. The van der Waals surface area contributed by atoms with Crippen LogP contribution in [0.5, 0.6) is 0 Å². The molecule has 1 fully saturated rings. The molecule has 1 atom stereocenters. The minimum atomic E-state index is 0.213. The highest BCUT2D eigenvalue weighted by atomic mass is 16.5. The first-order valence-corrected chi connectivity index (χ1v) is 10.1. The van der Waals surface area contributed by atoms with Gasteiger partial charge in [-0.25, -0.2) is 4.98 Å². The molecule has 0 radical (unpaired) electrons. The van der Waals surface area contributed by atoms with Crippen molar-refractivity contribution in [3.05, 3.63) is 65.9 Å². The Morgan fingerprint density at radius 2 is 1.86 bits per heavy atom. The van der Waals surface area contributed by atoms with Crippen molar-refractivity contribution < 1.29 is 9.26 Å². The molecule has 148 valence electrons. The summed E-state index contributed by atoms with van der Waals surface area (Å²) in [4.78, 5) is 9.29. The second-order valence-corrected chi connectivity index (χ2v) is 7.71. The Kier molecular flexibility index (Phi) is 4.64. The number of hydrogen-bond donors (Lipinski definition) is 0. The van der Waals surface area contributed by atoms with Gasteiger partial charge in [0.2, 0.25) is 0 Å². The molecule has 0 saturated carbocycles. The van der Waals surface area contributed by atoms with Crippen molar-refractivity contribution >= 4 is 11.0 Å². The van der Waals surface area contributed by atoms with E-state index in [1.54, 1.807) is 0 Å². The number of imidazole rings is 1. The van der Waals surface area contributed by atoms with Crippen LogP contribution in [0.3, 0.4) is 0 Å². The smallest absolute Gasteiger partial charge is 0.143 e. The molecule has 6 heteroatoms. The van der Waals surface area contributed by atoms with E-state index in [-0.39, 0.29) is 6.04 Å². The summed E-state index contributed by atoms with van der Waals surface area (Å²) in [6, 6.07) is 13.0. The number of nitrogens with zero attached hydrogens (tertiary/aromatic N) is 4. The lowest BCUT2D eigenvalue weighted by molar-refractivity contribution is 0.0547. The summed E-state index contributed by atoms with van der Waals surface area (Å²) in [5.41, 5.74) is 5.96. The zero-order valence-corrected chi connectivity index (χ0v) is 16.7. The van der Waals surface area contributed by atoms with Crippen molar-refractivity contribution in [2.75, 3.05) is 13.2 Å². The van der Waals surface area contributed by atoms with Crippen LogP contribution in [0.1, 0.15) is 35.9 Å². The Morgan fingerprint density at radius 1 is 1.07 bits per heavy atom. The Morgan fingerprint density at radius 3 is 2.59 bits per heavy atom. The van der Waals surface area contributed by atoms with E-state index in [0.29, 0.717) is 5.92 Å². The highest BCUT2D eigenvalue weighted by molar-refractivity contribution is 5.80. The first kappa shape index (κ1) is 18.1. The van der Waals surface area contributed by atoms with Crippen LogP contribution in [0, 0.1) is 19.8 Å². The molecule has 1 aromatic carbocycles. The van der Waals surface area contributed by atoms with Crippen molar-refractivity contribution in [2.24, 2.45) is 5.92 Å². The summed E-state index contributed by atoms with van der Waals surface area (Å²) in [5, 5.41) is 4.09. The van der Waals surface area contributed by atoms with Gasteiger partial charge in [0.1, 0.15) is 11.3 Å². The fourth-order valence-corrected chi connectivity index (χ4v) is 4.48. The van der Waals surface area contributed by atoms with Gasteiger partial charge in [-0.2, -0.15) is 0 Å². The van der Waals surface area contributed by atoms with Crippen LogP contribution in [-0.4, -0.2) is 32.9 Å². The Bertz CT molecular complexity index is 1110. The van der Waals surface area contributed by atoms with Crippen molar-refractivity contribution in [3.63, 3.8) is 0 Å². The SMILES string of the molecule is Cc1noc(C)c1-c1cc2c(cn1)ncn2C(c1ccccc1)C1CCOCC1. The highest BCUT2D eigenvalue weighted by Gasteiger charge is 2.28. The minimum absolute atomic E-state index is 0.213. The van der Waals surface area contributed by atoms with Crippen LogP contribution in [0.2, 0.25) is 0 Å². The van der Waals surface area contributed by atoms with Gasteiger partial charge >= 0.3 is 0 Å². The zero-order valence-electron chi connectivity index (χ0n) is 16.7. The summed E-state index contributed by atoms with van der Waals surface area (Å²) in [7, 11) is 0. The molecule has 6 nitrogen and oxygen atoms in total. The van der Waals surface area contributed by atoms with Crippen LogP contribution in [-0.2, 0) is 4.74 Å². The number of aromatic nitrogens is 4. The molecule has 0 N–H and O–H groups in total. The average Bonchev–Trinajstić information content (AvgIpc) is 3.32. The lowest BCUT2D eigenvalue weighted by atomic mass is 9.86. The van der Waals surface area contributed by atoms with Gasteiger partial charge in [-0.1, -0.05) is 35.5 Å². The monoisotopic (exact) mass is 388 g/mol. The largest absolute Gasteiger partial charge is 0.381 e. The molecular weight excluding hydrogens is 364 g/mol. The van der Waals surface area contributed by atoms with Crippen LogP contribution >= 0.6 is 0 Å². The molecule has 1 unspecified atom stereocenters. The van der Waals surface area contributed by atoms with Gasteiger partial charge in [0, 0.05) is 13.2 Å². The fraction of sp³-hybridized carbons (Fsp3) is 0.348. The number of hydrogen-bond acceptors (Lipinski definition) is 5. The van der Waals surface area contributed by atoms with Gasteiger partial charge in [0.15, 0.2) is 0 Å². The number of pyridine rings is 1. The minimum Gasteiger partial charge on any atom is -0.381 e. The molecular formula is C23H24N4O2. The quantitative estimate of drug-likeness (QED) is 0.506. The van der Waals surface area contributed by atoms with Gasteiger partial charge in [-0.3, -0.25) is 4.98 Å². The maximum absolute atomic E-state index is 5.63. The molecule has 0 amide bonds.